The maximum Gasteiger partial charge on any atom is 0.295 e. The van der Waals surface area contributed by atoms with Crippen molar-refractivity contribution < 1.29 is 24.2 Å². The van der Waals surface area contributed by atoms with E-state index in [0.717, 1.165) is 55.6 Å². The van der Waals surface area contributed by atoms with E-state index in [0.29, 0.717) is 31.0 Å². The van der Waals surface area contributed by atoms with Crippen LogP contribution in [0.4, 0.5) is 0 Å². The van der Waals surface area contributed by atoms with Crippen molar-refractivity contribution in [2.75, 3.05) is 32.8 Å². The molecule has 0 radical (unpaired) electrons. The van der Waals surface area contributed by atoms with Crippen LogP contribution >= 0.6 is 0 Å². The summed E-state index contributed by atoms with van der Waals surface area (Å²) >= 11 is 0. The molecular formula is C31H40N2O5. The van der Waals surface area contributed by atoms with Gasteiger partial charge in [0.1, 0.15) is 23.4 Å². The number of unbranched alkanes of at least 4 members (excludes halogenated alkanes) is 2. The Hall–Kier alpha value is -3.32. The lowest BCUT2D eigenvalue weighted by Crippen LogP contribution is -2.38. The van der Waals surface area contributed by atoms with E-state index in [4.69, 9.17) is 9.47 Å². The highest BCUT2D eigenvalue weighted by molar-refractivity contribution is 6.46. The molecule has 7 nitrogen and oxygen atoms in total. The number of Topliss-reactive ketones (excluding diaryl/α,β-unsaturated/α-hetero) is 1. The predicted molar refractivity (Wildman–Crippen MR) is 148 cm³/mol. The van der Waals surface area contributed by atoms with E-state index in [1.54, 1.807) is 11.0 Å². The number of likely N-dealkylation sites (N-methyl/N-ethyl adjacent to an activating group) is 1. The van der Waals surface area contributed by atoms with Gasteiger partial charge in [-0.3, -0.25) is 9.59 Å². The number of carbonyl (C=O) groups is 2. The van der Waals surface area contributed by atoms with Crippen molar-refractivity contribution in [3.63, 3.8) is 0 Å². The highest BCUT2D eigenvalue weighted by atomic mass is 16.5. The minimum atomic E-state index is -0.701. The highest BCUT2D eigenvalue weighted by Crippen LogP contribution is 2.41. The number of aliphatic hydroxyl groups excluding tert-OH is 1. The first-order valence-electron chi connectivity index (χ1n) is 13.9. The summed E-state index contributed by atoms with van der Waals surface area (Å²) in [4.78, 5) is 30.6. The van der Waals surface area contributed by atoms with Crippen molar-refractivity contribution in [1.29, 1.82) is 0 Å². The molecule has 7 heteroatoms. The van der Waals surface area contributed by atoms with Gasteiger partial charge in [0, 0.05) is 25.1 Å². The maximum atomic E-state index is 13.4. The summed E-state index contributed by atoms with van der Waals surface area (Å²) < 4.78 is 11.8. The number of benzene rings is 2. The molecule has 0 aliphatic carbocycles. The molecule has 2 heterocycles. The molecule has 2 aromatic carbocycles. The van der Waals surface area contributed by atoms with Crippen LogP contribution in [-0.2, 0) is 16.0 Å². The molecule has 2 aromatic rings. The van der Waals surface area contributed by atoms with Gasteiger partial charge >= 0.3 is 0 Å². The second-order valence-corrected chi connectivity index (χ2v) is 10.1. The van der Waals surface area contributed by atoms with Crippen LogP contribution in [0.5, 0.6) is 11.5 Å². The van der Waals surface area contributed by atoms with Crippen LogP contribution in [0.25, 0.3) is 5.76 Å². The molecule has 1 amide bonds. The summed E-state index contributed by atoms with van der Waals surface area (Å²) in [7, 11) is 0. The molecule has 2 aliphatic heterocycles. The Balaban J connectivity index is 1.73. The van der Waals surface area contributed by atoms with Gasteiger partial charge in [-0.15, -0.1) is 0 Å². The van der Waals surface area contributed by atoms with E-state index in [-0.39, 0.29) is 17.4 Å². The van der Waals surface area contributed by atoms with Crippen LogP contribution in [-0.4, -0.2) is 65.5 Å². The zero-order chi connectivity index (χ0) is 27.2. The monoisotopic (exact) mass is 520 g/mol. The summed E-state index contributed by atoms with van der Waals surface area (Å²) in [6.45, 7) is 11.6. The molecule has 4 rings (SSSR count). The molecule has 0 spiro atoms. The molecule has 0 bridgehead atoms. The predicted octanol–water partition coefficient (Wildman–Crippen LogP) is 5.34. The fourth-order valence-electron chi connectivity index (χ4n) is 5.29. The van der Waals surface area contributed by atoms with Crippen molar-refractivity contribution in [1.82, 2.24) is 9.80 Å². The average Bonchev–Trinajstić information content (AvgIpc) is 3.42. The fraction of sp³-hybridized carbons (Fsp3) is 0.484. The Morgan fingerprint density at radius 3 is 2.63 bits per heavy atom. The molecule has 1 saturated heterocycles. The number of ketones is 1. The van der Waals surface area contributed by atoms with Gasteiger partial charge in [0.2, 0.25) is 0 Å². The first-order valence-corrected chi connectivity index (χ1v) is 13.9. The zero-order valence-corrected chi connectivity index (χ0v) is 23.0. The van der Waals surface area contributed by atoms with E-state index < -0.39 is 17.7 Å². The normalized spacial score (nSPS) is 20.2. The van der Waals surface area contributed by atoms with Crippen LogP contribution in [0.15, 0.2) is 48.0 Å². The molecule has 2 atom stereocenters. The van der Waals surface area contributed by atoms with Crippen LogP contribution in [0.1, 0.15) is 69.7 Å². The Morgan fingerprint density at radius 1 is 1.11 bits per heavy atom. The number of likely N-dealkylation sites (tertiary alicyclic amines) is 1. The molecule has 1 fully saturated rings. The van der Waals surface area contributed by atoms with Crippen molar-refractivity contribution in [2.45, 2.75) is 65.5 Å². The molecule has 204 valence electrons. The topological polar surface area (TPSA) is 79.3 Å². The third kappa shape index (κ3) is 5.88. The lowest BCUT2D eigenvalue weighted by Gasteiger charge is -2.28. The van der Waals surface area contributed by atoms with Crippen LogP contribution in [0.3, 0.4) is 0 Å². The summed E-state index contributed by atoms with van der Waals surface area (Å²) in [6.07, 6.45) is 3.96. The van der Waals surface area contributed by atoms with Gasteiger partial charge in [0.25, 0.3) is 11.7 Å². The standard InChI is InChI=1S/C31H40N2O5/c1-5-8-9-17-37-25-12-10-11-22(20-25)28-27(30(35)31(36)33(28)16-15-32(6-2)7-3)29(34)23-13-14-26-24(19-23)18-21(4)38-26/h10-14,19-21,28,34H,5-9,15-18H2,1-4H3/b29-27-. The number of ether oxygens (including phenoxy) is 2. The Kier molecular flexibility index (Phi) is 9.10. The first-order chi connectivity index (χ1) is 18.4. The SMILES string of the molecule is CCCCCOc1cccc(C2/C(=C(/O)c3ccc4c(c3)CC(C)O4)C(=O)C(=O)N2CCN(CC)CC)c1. The van der Waals surface area contributed by atoms with E-state index >= 15 is 0 Å². The number of rotatable bonds is 12. The van der Waals surface area contributed by atoms with Gasteiger partial charge in [0.15, 0.2) is 0 Å². The van der Waals surface area contributed by atoms with Crippen molar-refractivity contribution in [2.24, 2.45) is 0 Å². The number of hydrogen-bond donors (Lipinski definition) is 1. The quantitative estimate of drug-likeness (QED) is 0.176. The summed E-state index contributed by atoms with van der Waals surface area (Å²) in [6, 6.07) is 12.3. The molecular weight excluding hydrogens is 480 g/mol. The lowest BCUT2D eigenvalue weighted by molar-refractivity contribution is -0.140. The third-order valence-corrected chi connectivity index (χ3v) is 7.45. The van der Waals surface area contributed by atoms with Gasteiger partial charge in [-0.05, 0) is 67.9 Å². The van der Waals surface area contributed by atoms with E-state index in [1.165, 1.54) is 0 Å². The van der Waals surface area contributed by atoms with E-state index in [2.05, 4.69) is 25.7 Å². The number of carbonyl (C=O) groups excluding carboxylic acids is 2. The smallest absolute Gasteiger partial charge is 0.295 e. The minimum absolute atomic E-state index is 0.0631. The summed E-state index contributed by atoms with van der Waals surface area (Å²) in [5.41, 5.74) is 2.36. The number of fused-ring (bicyclic) bond motifs is 1. The van der Waals surface area contributed by atoms with Gasteiger partial charge < -0.3 is 24.4 Å². The largest absolute Gasteiger partial charge is 0.507 e. The van der Waals surface area contributed by atoms with Crippen molar-refractivity contribution >= 4 is 17.4 Å². The second-order valence-electron chi connectivity index (χ2n) is 10.1. The van der Waals surface area contributed by atoms with Gasteiger partial charge in [-0.2, -0.15) is 0 Å². The molecule has 38 heavy (non-hydrogen) atoms. The Labute approximate surface area is 226 Å². The van der Waals surface area contributed by atoms with Gasteiger partial charge in [-0.25, -0.2) is 0 Å². The summed E-state index contributed by atoms with van der Waals surface area (Å²) in [5, 5.41) is 11.5. The van der Waals surface area contributed by atoms with Crippen molar-refractivity contribution in [3.05, 3.63) is 64.7 Å². The molecule has 2 unspecified atom stereocenters. The van der Waals surface area contributed by atoms with E-state index in [9.17, 15) is 14.7 Å². The molecule has 2 aliphatic rings. The molecule has 1 N–H and O–H groups in total. The van der Waals surface area contributed by atoms with Crippen LogP contribution in [0, 0.1) is 0 Å². The second kappa shape index (κ2) is 12.5. The number of hydrogen-bond acceptors (Lipinski definition) is 6. The van der Waals surface area contributed by atoms with E-state index in [1.807, 2.05) is 43.3 Å². The number of nitrogens with zero attached hydrogens (tertiary/aromatic N) is 2. The maximum absolute atomic E-state index is 13.4. The average molecular weight is 521 g/mol. The zero-order valence-electron chi connectivity index (χ0n) is 23.0. The third-order valence-electron chi connectivity index (χ3n) is 7.45. The fourth-order valence-corrected chi connectivity index (χ4v) is 5.29. The van der Waals surface area contributed by atoms with Crippen molar-refractivity contribution in [3.8, 4) is 11.5 Å². The first kappa shape index (κ1) is 27.7. The Bertz CT molecular complexity index is 1190. The lowest BCUT2D eigenvalue weighted by atomic mass is 9.94. The highest BCUT2D eigenvalue weighted by Gasteiger charge is 2.46. The van der Waals surface area contributed by atoms with Gasteiger partial charge in [0.05, 0.1) is 18.2 Å². The summed E-state index contributed by atoms with van der Waals surface area (Å²) in [5.74, 6) is 0.0765. The van der Waals surface area contributed by atoms with Crippen LogP contribution < -0.4 is 9.47 Å². The Morgan fingerprint density at radius 2 is 1.89 bits per heavy atom. The van der Waals surface area contributed by atoms with Crippen LogP contribution in [0.2, 0.25) is 0 Å². The number of amides is 1. The number of aliphatic hydroxyl groups is 1. The molecule has 0 saturated carbocycles. The van der Waals surface area contributed by atoms with Gasteiger partial charge in [-0.1, -0.05) is 45.7 Å². The minimum Gasteiger partial charge on any atom is -0.507 e. The molecule has 0 aromatic heterocycles.